The highest BCUT2D eigenvalue weighted by molar-refractivity contribution is 5.97. The highest BCUT2D eigenvalue weighted by Gasteiger charge is 2.48. The molecule has 1 aromatic rings. The molecular weight excluding hydrogens is 361 g/mol. The zero-order chi connectivity index (χ0) is 20.4. The minimum atomic E-state index is -1.38. The van der Waals surface area contributed by atoms with Gasteiger partial charge in [0.25, 0.3) is 0 Å². The van der Waals surface area contributed by atoms with Crippen LogP contribution in [0.2, 0.25) is 0 Å². The standard InChI is InChI=1S/C21H30FN3O3/c1-20(2,3)28-19(27)25-15-21(22,16-25)14-24-11-9-23(10-12-24)13-18(26)17-7-5-4-6-8-17/h4-8H,9-16H2,1-3H3. The van der Waals surface area contributed by atoms with Crippen LogP contribution in [0, 0.1) is 0 Å². The van der Waals surface area contributed by atoms with E-state index in [2.05, 4.69) is 9.80 Å². The fraction of sp³-hybridized carbons (Fsp3) is 0.619. The molecule has 28 heavy (non-hydrogen) atoms. The Kier molecular flexibility index (Phi) is 6.05. The maximum atomic E-state index is 14.9. The summed E-state index contributed by atoms with van der Waals surface area (Å²) in [5.74, 6) is 0.114. The molecule has 1 aromatic carbocycles. The smallest absolute Gasteiger partial charge is 0.410 e. The molecule has 0 radical (unpaired) electrons. The van der Waals surface area contributed by atoms with E-state index in [9.17, 15) is 14.0 Å². The molecule has 0 N–H and O–H groups in total. The largest absolute Gasteiger partial charge is 0.444 e. The zero-order valence-electron chi connectivity index (χ0n) is 17.0. The normalized spacial score (nSPS) is 20.5. The molecule has 1 amide bonds. The predicted octanol–water partition coefficient (Wildman–Crippen LogP) is 2.45. The Morgan fingerprint density at radius 2 is 1.61 bits per heavy atom. The Hall–Kier alpha value is -1.99. The van der Waals surface area contributed by atoms with Gasteiger partial charge >= 0.3 is 6.09 Å². The Labute approximate surface area is 166 Å². The summed E-state index contributed by atoms with van der Waals surface area (Å²) in [5, 5.41) is 0. The third-order valence-corrected chi connectivity index (χ3v) is 5.04. The summed E-state index contributed by atoms with van der Waals surface area (Å²) in [5.41, 5.74) is -1.22. The van der Waals surface area contributed by atoms with Gasteiger partial charge in [-0.1, -0.05) is 30.3 Å². The quantitative estimate of drug-likeness (QED) is 0.722. The van der Waals surface area contributed by atoms with E-state index < -0.39 is 17.4 Å². The summed E-state index contributed by atoms with van der Waals surface area (Å²) in [4.78, 5) is 29.9. The predicted molar refractivity (Wildman–Crippen MR) is 105 cm³/mol. The van der Waals surface area contributed by atoms with Crippen LogP contribution in [0.3, 0.4) is 0 Å². The number of rotatable bonds is 5. The van der Waals surface area contributed by atoms with Crippen LogP contribution in [0.15, 0.2) is 30.3 Å². The van der Waals surface area contributed by atoms with Crippen LogP contribution in [-0.4, -0.2) is 90.2 Å². The Bertz CT molecular complexity index is 691. The van der Waals surface area contributed by atoms with Crippen LogP contribution in [0.4, 0.5) is 9.18 Å². The molecule has 0 saturated carbocycles. The van der Waals surface area contributed by atoms with Crippen LogP contribution in [-0.2, 0) is 4.74 Å². The topological polar surface area (TPSA) is 53.1 Å². The molecule has 2 fully saturated rings. The summed E-state index contributed by atoms with van der Waals surface area (Å²) < 4.78 is 20.2. The van der Waals surface area contributed by atoms with Gasteiger partial charge in [-0.05, 0) is 20.8 Å². The molecule has 3 rings (SSSR count). The molecule has 154 valence electrons. The van der Waals surface area contributed by atoms with Gasteiger partial charge in [-0.2, -0.15) is 0 Å². The van der Waals surface area contributed by atoms with E-state index in [1.807, 2.05) is 30.3 Å². The monoisotopic (exact) mass is 391 g/mol. The van der Waals surface area contributed by atoms with Crippen LogP contribution < -0.4 is 0 Å². The molecule has 0 aromatic heterocycles. The number of Topliss-reactive ketones (excluding diaryl/α,β-unsaturated/α-hetero) is 1. The van der Waals surface area contributed by atoms with Crippen molar-refractivity contribution in [3.05, 3.63) is 35.9 Å². The van der Waals surface area contributed by atoms with Gasteiger partial charge in [-0.15, -0.1) is 0 Å². The van der Waals surface area contributed by atoms with Crippen LogP contribution in [0.5, 0.6) is 0 Å². The summed E-state index contributed by atoms with van der Waals surface area (Å²) in [6, 6.07) is 9.29. The number of likely N-dealkylation sites (tertiary alicyclic amines) is 1. The lowest BCUT2D eigenvalue weighted by Crippen LogP contribution is -2.66. The second kappa shape index (κ2) is 8.17. The maximum absolute atomic E-state index is 14.9. The number of alkyl halides is 1. The molecular formula is C21H30FN3O3. The van der Waals surface area contributed by atoms with Crippen molar-refractivity contribution in [2.45, 2.75) is 32.0 Å². The molecule has 0 unspecified atom stereocenters. The highest BCUT2D eigenvalue weighted by Crippen LogP contribution is 2.28. The van der Waals surface area contributed by atoms with E-state index in [0.717, 1.165) is 31.7 Å². The van der Waals surface area contributed by atoms with Crippen molar-refractivity contribution in [3.63, 3.8) is 0 Å². The SMILES string of the molecule is CC(C)(C)OC(=O)N1CC(F)(CN2CCN(CC(=O)c3ccccc3)CC2)C1. The Morgan fingerprint density at radius 1 is 1.04 bits per heavy atom. The summed E-state index contributed by atoms with van der Waals surface area (Å²) in [6.45, 7) is 9.19. The summed E-state index contributed by atoms with van der Waals surface area (Å²) >= 11 is 0. The van der Waals surface area contributed by atoms with E-state index >= 15 is 0 Å². The molecule has 2 aliphatic rings. The van der Waals surface area contributed by atoms with Crippen LogP contribution >= 0.6 is 0 Å². The third-order valence-electron chi connectivity index (χ3n) is 5.04. The summed E-state index contributed by atoms with van der Waals surface area (Å²) in [7, 11) is 0. The Balaban J connectivity index is 1.39. The van der Waals surface area contributed by atoms with E-state index in [0.29, 0.717) is 13.1 Å². The van der Waals surface area contributed by atoms with Gasteiger partial charge in [0.05, 0.1) is 19.6 Å². The van der Waals surface area contributed by atoms with Gasteiger partial charge < -0.3 is 9.64 Å². The van der Waals surface area contributed by atoms with Gasteiger partial charge in [0.15, 0.2) is 11.5 Å². The first-order valence-electron chi connectivity index (χ1n) is 9.83. The number of ketones is 1. The van der Waals surface area contributed by atoms with E-state index in [4.69, 9.17) is 4.74 Å². The average molecular weight is 391 g/mol. The Morgan fingerprint density at radius 3 is 2.18 bits per heavy atom. The molecule has 2 aliphatic heterocycles. The fourth-order valence-electron chi connectivity index (χ4n) is 3.62. The molecule has 7 heteroatoms. The van der Waals surface area contributed by atoms with Gasteiger partial charge in [0.2, 0.25) is 0 Å². The molecule has 0 atom stereocenters. The molecule has 0 aliphatic carbocycles. The second-order valence-corrected chi connectivity index (χ2v) is 8.83. The third kappa shape index (κ3) is 5.52. The number of nitrogens with zero attached hydrogens (tertiary/aromatic N) is 3. The molecule has 0 spiro atoms. The number of halogens is 1. The molecule has 2 saturated heterocycles. The summed E-state index contributed by atoms with van der Waals surface area (Å²) in [6.07, 6.45) is -0.454. The van der Waals surface area contributed by atoms with Crippen molar-refractivity contribution in [1.29, 1.82) is 0 Å². The number of ether oxygens (including phenoxy) is 1. The van der Waals surface area contributed by atoms with Gasteiger partial charge in [0.1, 0.15) is 5.60 Å². The number of hydrogen-bond donors (Lipinski definition) is 0. The lowest BCUT2D eigenvalue weighted by atomic mass is 9.95. The minimum Gasteiger partial charge on any atom is -0.444 e. The van der Waals surface area contributed by atoms with Crippen molar-refractivity contribution in [3.8, 4) is 0 Å². The van der Waals surface area contributed by atoms with Crippen LogP contribution in [0.25, 0.3) is 0 Å². The maximum Gasteiger partial charge on any atom is 0.410 e. The number of carbonyl (C=O) groups excluding carboxylic acids is 2. The molecule has 6 nitrogen and oxygen atoms in total. The van der Waals surface area contributed by atoms with Gasteiger partial charge in [-0.3, -0.25) is 14.6 Å². The fourth-order valence-corrected chi connectivity index (χ4v) is 3.62. The minimum absolute atomic E-state index is 0.0780. The highest BCUT2D eigenvalue weighted by atomic mass is 19.1. The van der Waals surface area contributed by atoms with Crippen molar-refractivity contribution < 1.29 is 18.7 Å². The van der Waals surface area contributed by atoms with E-state index in [1.165, 1.54) is 4.90 Å². The average Bonchev–Trinajstić information content (AvgIpc) is 2.60. The first kappa shape index (κ1) is 20.7. The lowest BCUT2D eigenvalue weighted by Gasteiger charge is -2.47. The number of hydrogen-bond acceptors (Lipinski definition) is 5. The molecule has 0 bridgehead atoms. The first-order valence-corrected chi connectivity index (χ1v) is 9.83. The van der Waals surface area contributed by atoms with E-state index in [1.54, 1.807) is 20.8 Å². The lowest BCUT2D eigenvalue weighted by molar-refractivity contribution is -0.0678. The van der Waals surface area contributed by atoms with Crippen molar-refractivity contribution in [2.75, 3.05) is 52.4 Å². The first-order chi connectivity index (χ1) is 13.1. The second-order valence-electron chi connectivity index (χ2n) is 8.83. The zero-order valence-corrected chi connectivity index (χ0v) is 17.0. The number of piperazine rings is 1. The van der Waals surface area contributed by atoms with Gasteiger partial charge in [0, 0.05) is 38.3 Å². The van der Waals surface area contributed by atoms with Crippen molar-refractivity contribution in [1.82, 2.24) is 14.7 Å². The van der Waals surface area contributed by atoms with Crippen LogP contribution in [0.1, 0.15) is 31.1 Å². The van der Waals surface area contributed by atoms with Crippen molar-refractivity contribution in [2.24, 2.45) is 0 Å². The van der Waals surface area contributed by atoms with Crippen molar-refractivity contribution >= 4 is 11.9 Å². The number of amides is 1. The molecule has 2 heterocycles. The number of carbonyl (C=O) groups is 2. The van der Waals surface area contributed by atoms with Gasteiger partial charge in [-0.25, -0.2) is 9.18 Å². The van der Waals surface area contributed by atoms with E-state index in [-0.39, 0.29) is 18.9 Å². The number of benzene rings is 1.